The highest BCUT2D eigenvalue weighted by atomic mass is 79.9. The number of ether oxygens (including phenoxy) is 2. The summed E-state index contributed by atoms with van der Waals surface area (Å²) in [6.45, 7) is -0.0863. The van der Waals surface area contributed by atoms with Crippen LogP contribution < -0.4 is 9.47 Å². The minimum absolute atomic E-state index is 0.0863. The van der Waals surface area contributed by atoms with E-state index in [2.05, 4.69) is 15.9 Å². The summed E-state index contributed by atoms with van der Waals surface area (Å²) in [6.07, 6.45) is 0. The van der Waals surface area contributed by atoms with Crippen LogP contribution in [0, 0.1) is 11.6 Å². The Labute approximate surface area is 75.2 Å². The third-order valence-electron chi connectivity index (χ3n) is 1.50. The molecule has 2 bridgehead atoms. The van der Waals surface area contributed by atoms with Gasteiger partial charge in [-0.2, -0.15) is 4.39 Å². The van der Waals surface area contributed by atoms with Crippen molar-refractivity contribution in [2.45, 2.75) is 0 Å². The maximum absolute atomic E-state index is 12.9. The van der Waals surface area contributed by atoms with E-state index in [1.807, 2.05) is 0 Å². The van der Waals surface area contributed by atoms with Crippen LogP contribution in [0.1, 0.15) is 0 Å². The molecule has 0 aromatic heterocycles. The first-order valence-corrected chi connectivity index (χ1v) is 3.92. The summed E-state index contributed by atoms with van der Waals surface area (Å²) in [5.41, 5.74) is 0. The van der Waals surface area contributed by atoms with Crippen LogP contribution in [-0.4, -0.2) is 6.79 Å². The Bertz CT molecular complexity index is 334. The molecule has 0 fully saturated rings. The van der Waals surface area contributed by atoms with Crippen molar-refractivity contribution < 1.29 is 18.3 Å². The van der Waals surface area contributed by atoms with Gasteiger partial charge in [0.05, 0.1) is 0 Å². The Balaban J connectivity index is 2.71. The standard InChI is InChI=1S/C7H3BrF2O2/c8-5-4-1-3(9)6(10)7(5)12-2-11-4/h1H,2H2. The molecule has 0 unspecified atom stereocenters. The fourth-order valence-corrected chi connectivity index (χ4v) is 1.46. The summed E-state index contributed by atoms with van der Waals surface area (Å²) in [6, 6.07) is 0.978. The fourth-order valence-electron chi connectivity index (χ4n) is 0.942. The molecule has 0 N–H and O–H groups in total. The Morgan fingerprint density at radius 3 is 2.83 bits per heavy atom. The summed E-state index contributed by atoms with van der Waals surface area (Å²) in [5, 5.41) is 0. The Morgan fingerprint density at radius 2 is 2.08 bits per heavy atom. The molecule has 2 nitrogen and oxygen atoms in total. The van der Waals surface area contributed by atoms with E-state index in [1.54, 1.807) is 0 Å². The molecule has 5 heteroatoms. The van der Waals surface area contributed by atoms with Gasteiger partial charge in [0.25, 0.3) is 0 Å². The zero-order valence-corrected chi connectivity index (χ0v) is 7.32. The Morgan fingerprint density at radius 1 is 1.33 bits per heavy atom. The molecule has 0 radical (unpaired) electrons. The lowest BCUT2D eigenvalue weighted by molar-refractivity contribution is 0.0947. The highest BCUT2D eigenvalue weighted by molar-refractivity contribution is 9.10. The van der Waals surface area contributed by atoms with Gasteiger partial charge in [-0.05, 0) is 15.9 Å². The van der Waals surface area contributed by atoms with E-state index < -0.39 is 11.6 Å². The van der Waals surface area contributed by atoms with Crippen molar-refractivity contribution in [3.8, 4) is 11.5 Å². The highest BCUT2D eigenvalue weighted by Gasteiger charge is 2.22. The van der Waals surface area contributed by atoms with Crippen LogP contribution in [0.2, 0.25) is 0 Å². The molecule has 1 heterocycles. The molecular formula is C7H3BrF2O2. The molecule has 12 heavy (non-hydrogen) atoms. The molecule has 1 aromatic carbocycles. The van der Waals surface area contributed by atoms with Gasteiger partial charge >= 0.3 is 0 Å². The van der Waals surface area contributed by atoms with Crippen LogP contribution in [-0.2, 0) is 0 Å². The van der Waals surface area contributed by atoms with Gasteiger partial charge in [-0.3, -0.25) is 0 Å². The largest absolute Gasteiger partial charge is 0.456 e. The molecule has 64 valence electrons. The van der Waals surface area contributed by atoms with Crippen molar-refractivity contribution in [3.05, 3.63) is 22.2 Å². The van der Waals surface area contributed by atoms with Crippen molar-refractivity contribution >= 4 is 15.9 Å². The number of hydrogen-bond donors (Lipinski definition) is 0. The second-order valence-corrected chi connectivity index (χ2v) is 3.01. The summed E-state index contributed by atoms with van der Waals surface area (Å²) in [4.78, 5) is 0. The molecule has 1 aliphatic rings. The lowest BCUT2D eigenvalue weighted by Crippen LogP contribution is -2.14. The molecule has 1 aliphatic heterocycles. The van der Waals surface area contributed by atoms with Crippen molar-refractivity contribution in [2.75, 3.05) is 6.79 Å². The number of fused-ring (bicyclic) bond motifs is 2. The summed E-state index contributed by atoms with van der Waals surface area (Å²) >= 11 is 3.02. The predicted molar refractivity (Wildman–Crippen MR) is 40.2 cm³/mol. The zero-order chi connectivity index (χ0) is 8.72. The molecule has 0 amide bonds. The van der Waals surface area contributed by atoms with Crippen LogP contribution in [0.3, 0.4) is 0 Å². The monoisotopic (exact) mass is 236 g/mol. The Hall–Kier alpha value is -0.840. The smallest absolute Gasteiger partial charge is 0.231 e. The van der Waals surface area contributed by atoms with Gasteiger partial charge in [-0.25, -0.2) is 4.39 Å². The van der Waals surface area contributed by atoms with Gasteiger partial charge < -0.3 is 9.47 Å². The van der Waals surface area contributed by atoms with Gasteiger partial charge in [0.2, 0.25) is 12.6 Å². The van der Waals surface area contributed by atoms with Gasteiger partial charge in [-0.15, -0.1) is 0 Å². The molecular weight excluding hydrogens is 234 g/mol. The van der Waals surface area contributed by atoms with Crippen molar-refractivity contribution in [3.63, 3.8) is 0 Å². The van der Waals surface area contributed by atoms with E-state index in [-0.39, 0.29) is 18.3 Å². The average molecular weight is 237 g/mol. The molecule has 0 spiro atoms. The van der Waals surface area contributed by atoms with Crippen LogP contribution in [0.25, 0.3) is 0 Å². The van der Waals surface area contributed by atoms with E-state index >= 15 is 0 Å². The number of benzene rings is 1. The highest BCUT2D eigenvalue weighted by Crippen LogP contribution is 2.40. The third-order valence-corrected chi connectivity index (χ3v) is 2.25. The number of rotatable bonds is 0. The second kappa shape index (κ2) is 2.58. The van der Waals surface area contributed by atoms with Crippen LogP contribution in [0.15, 0.2) is 10.5 Å². The van der Waals surface area contributed by atoms with Gasteiger partial charge in [-0.1, -0.05) is 0 Å². The van der Waals surface area contributed by atoms with E-state index in [0.717, 1.165) is 6.07 Å². The normalized spacial score (nSPS) is 13.6. The van der Waals surface area contributed by atoms with Gasteiger partial charge in [0.15, 0.2) is 11.6 Å². The zero-order valence-electron chi connectivity index (χ0n) is 5.73. The van der Waals surface area contributed by atoms with Crippen molar-refractivity contribution in [2.24, 2.45) is 0 Å². The summed E-state index contributed by atoms with van der Waals surface area (Å²) in [7, 11) is 0. The second-order valence-electron chi connectivity index (χ2n) is 2.22. The van der Waals surface area contributed by atoms with Crippen LogP contribution >= 0.6 is 15.9 Å². The first-order valence-electron chi connectivity index (χ1n) is 3.13. The lowest BCUT2D eigenvalue weighted by atomic mass is 10.3. The quantitative estimate of drug-likeness (QED) is 0.645. The molecule has 2 rings (SSSR count). The summed E-state index contributed by atoms with van der Waals surface area (Å²) in [5.74, 6) is -1.83. The number of hydrogen-bond acceptors (Lipinski definition) is 2. The third kappa shape index (κ3) is 0.964. The fraction of sp³-hybridized carbons (Fsp3) is 0.143. The predicted octanol–water partition coefficient (Wildman–Crippen LogP) is 2.46. The first kappa shape index (κ1) is 7.79. The maximum atomic E-state index is 12.9. The molecule has 0 saturated carbocycles. The van der Waals surface area contributed by atoms with E-state index in [1.165, 1.54) is 0 Å². The van der Waals surface area contributed by atoms with E-state index in [9.17, 15) is 8.78 Å². The van der Waals surface area contributed by atoms with Crippen molar-refractivity contribution in [1.29, 1.82) is 0 Å². The minimum atomic E-state index is -0.992. The van der Waals surface area contributed by atoms with Gasteiger partial charge in [0, 0.05) is 6.07 Å². The van der Waals surface area contributed by atoms with Crippen molar-refractivity contribution in [1.82, 2.24) is 0 Å². The SMILES string of the molecule is Fc1cc2c(Br)c(c1F)OCO2. The average Bonchev–Trinajstić information content (AvgIpc) is 2.04. The van der Waals surface area contributed by atoms with E-state index in [0.29, 0.717) is 4.47 Å². The Kier molecular flexibility index (Phi) is 1.68. The maximum Gasteiger partial charge on any atom is 0.231 e. The molecule has 0 atom stereocenters. The summed E-state index contributed by atoms with van der Waals surface area (Å²) < 4.78 is 35.5. The number of halogens is 3. The first-order chi connectivity index (χ1) is 5.70. The van der Waals surface area contributed by atoms with Gasteiger partial charge in [0.1, 0.15) is 10.2 Å². The van der Waals surface area contributed by atoms with Crippen LogP contribution in [0.4, 0.5) is 8.78 Å². The molecule has 1 aromatic rings. The topological polar surface area (TPSA) is 18.5 Å². The van der Waals surface area contributed by atoms with E-state index in [4.69, 9.17) is 9.47 Å². The molecule has 0 saturated heterocycles. The lowest BCUT2D eigenvalue weighted by Gasteiger charge is -2.18. The minimum Gasteiger partial charge on any atom is -0.456 e. The van der Waals surface area contributed by atoms with Crippen LogP contribution in [0.5, 0.6) is 11.5 Å². The molecule has 0 aliphatic carbocycles.